The zero-order chi connectivity index (χ0) is 16.0. The Morgan fingerprint density at radius 2 is 1.86 bits per heavy atom. The fourth-order valence-corrected chi connectivity index (χ4v) is 2.06. The number of nitrogens with zero attached hydrogens (tertiary/aromatic N) is 1. The summed E-state index contributed by atoms with van der Waals surface area (Å²) in [5.74, 6) is 0.656. The molecule has 118 valence electrons. The van der Waals surface area contributed by atoms with Crippen LogP contribution >= 0.6 is 0 Å². The molecule has 5 heteroatoms. The molecule has 0 fully saturated rings. The van der Waals surface area contributed by atoms with Crippen LogP contribution in [0, 0.1) is 0 Å². The van der Waals surface area contributed by atoms with E-state index in [2.05, 4.69) is 29.4 Å². The largest absolute Gasteiger partial charge is 0.494 e. The van der Waals surface area contributed by atoms with E-state index in [0.29, 0.717) is 11.4 Å². The Balaban J connectivity index is 2.91. The quantitative estimate of drug-likeness (QED) is 0.874. The average molecular weight is 293 g/mol. The van der Waals surface area contributed by atoms with Crippen molar-refractivity contribution in [3.8, 4) is 5.75 Å². The minimum absolute atomic E-state index is 0.239. The van der Waals surface area contributed by atoms with Crippen LogP contribution in [0.25, 0.3) is 0 Å². The second-order valence-electron chi connectivity index (χ2n) is 5.89. The van der Waals surface area contributed by atoms with Crippen molar-refractivity contribution in [2.24, 2.45) is 0 Å². The Bertz CT molecular complexity index is 477. The number of hydrogen-bond donors (Lipinski definition) is 2. The van der Waals surface area contributed by atoms with Crippen molar-refractivity contribution in [3.63, 3.8) is 0 Å². The summed E-state index contributed by atoms with van der Waals surface area (Å²) in [6, 6.07) is 5.56. The van der Waals surface area contributed by atoms with Gasteiger partial charge in [-0.15, -0.1) is 0 Å². The molecule has 0 atom stereocenters. The van der Waals surface area contributed by atoms with Gasteiger partial charge in [-0.2, -0.15) is 0 Å². The molecule has 5 nitrogen and oxygen atoms in total. The Labute approximate surface area is 127 Å². The number of carbonyl (C=O) groups excluding carboxylic acids is 1. The summed E-state index contributed by atoms with van der Waals surface area (Å²) in [5, 5.41) is 5.69. The number of ether oxygens (including phenoxy) is 1. The molecule has 0 heterocycles. The number of methoxy groups -OCH3 is 1. The molecule has 0 saturated heterocycles. The Morgan fingerprint density at radius 3 is 2.33 bits per heavy atom. The maximum atomic E-state index is 11.9. The van der Waals surface area contributed by atoms with Crippen LogP contribution in [-0.2, 0) is 0 Å². The van der Waals surface area contributed by atoms with E-state index in [1.165, 1.54) is 0 Å². The highest BCUT2D eigenvalue weighted by molar-refractivity contribution is 5.91. The van der Waals surface area contributed by atoms with Gasteiger partial charge in [-0.05, 0) is 46.8 Å². The van der Waals surface area contributed by atoms with Gasteiger partial charge in [-0.25, -0.2) is 4.79 Å². The predicted molar refractivity (Wildman–Crippen MR) is 88.5 cm³/mol. The van der Waals surface area contributed by atoms with Crippen LogP contribution < -0.4 is 20.3 Å². The molecule has 0 aliphatic heterocycles. The first-order valence-corrected chi connectivity index (χ1v) is 7.32. The van der Waals surface area contributed by atoms with Gasteiger partial charge in [0.05, 0.1) is 12.8 Å². The lowest BCUT2D eigenvalue weighted by Gasteiger charge is -2.23. The summed E-state index contributed by atoms with van der Waals surface area (Å²) >= 11 is 0. The first kappa shape index (κ1) is 17.1. The van der Waals surface area contributed by atoms with Crippen LogP contribution in [0.15, 0.2) is 18.2 Å². The molecule has 0 aromatic heterocycles. The van der Waals surface area contributed by atoms with E-state index >= 15 is 0 Å². The molecule has 0 aliphatic carbocycles. The van der Waals surface area contributed by atoms with Gasteiger partial charge >= 0.3 is 6.03 Å². The minimum atomic E-state index is -0.279. The van der Waals surface area contributed by atoms with E-state index in [4.69, 9.17) is 4.74 Å². The van der Waals surface area contributed by atoms with Gasteiger partial charge in [-0.3, -0.25) is 0 Å². The number of carbonyl (C=O) groups is 1. The van der Waals surface area contributed by atoms with E-state index in [1.807, 2.05) is 39.0 Å². The van der Waals surface area contributed by atoms with E-state index < -0.39 is 0 Å². The van der Waals surface area contributed by atoms with Crippen LogP contribution in [0.1, 0.15) is 34.6 Å². The fourth-order valence-electron chi connectivity index (χ4n) is 2.06. The first-order valence-electron chi connectivity index (χ1n) is 7.32. The molecule has 0 aliphatic rings. The molecule has 2 N–H and O–H groups in total. The molecular formula is C16H27N3O2. The molecule has 0 spiro atoms. The third kappa shape index (κ3) is 5.17. The maximum absolute atomic E-state index is 11.9. The smallest absolute Gasteiger partial charge is 0.319 e. The molecule has 1 aromatic rings. The van der Waals surface area contributed by atoms with Crippen molar-refractivity contribution in [1.29, 1.82) is 0 Å². The normalized spacial score (nSPS) is 11.0. The van der Waals surface area contributed by atoms with Crippen molar-refractivity contribution in [1.82, 2.24) is 5.32 Å². The topological polar surface area (TPSA) is 53.6 Å². The summed E-state index contributed by atoms with van der Waals surface area (Å²) in [5.41, 5.74) is 1.46. The van der Waals surface area contributed by atoms with Crippen LogP contribution in [-0.4, -0.2) is 31.8 Å². The number of nitrogens with one attached hydrogen (secondary N) is 2. The summed E-state index contributed by atoms with van der Waals surface area (Å²) in [4.78, 5) is 14.2. The monoisotopic (exact) mass is 293 g/mol. The van der Waals surface area contributed by atoms with E-state index in [1.54, 1.807) is 7.11 Å². The van der Waals surface area contributed by atoms with Gasteiger partial charge < -0.3 is 20.3 Å². The van der Waals surface area contributed by atoms with E-state index in [-0.39, 0.29) is 11.6 Å². The van der Waals surface area contributed by atoms with Crippen LogP contribution in [0.5, 0.6) is 5.75 Å². The Hall–Kier alpha value is -1.91. The number of rotatable bonds is 5. The average Bonchev–Trinajstić information content (AvgIpc) is 2.39. The first-order chi connectivity index (χ1) is 9.80. The zero-order valence-corrected chi connectivity index (χ0v) is 13.9. The SMILES string of the molecule is CCN(CC)c1ccc(NC(=O)NC(C)(C)C)c(OC)c1. The number of anilines is 2. The van der Waals surface area contributed by atoms with Crippen LogP contribution in [0.3, 0.4) is 0 Å². The van der Waals surface area contributed by atoms with Gasteiger partial charge in [0, 0.05) is 30.4 Å². The van der Waals surface area contributed by atoms with Gasteiger partial charge in [0.2, 0.25) is 0 Å². The second kappa shape index (κ2) is 7.20. The van der Waals surface area contributed by atoms with Crippen molar-refractivity contribution >= 4 is 17.4 Å². The van der Waals surface area contributed by atoms with Crippen molar-refractivity contribution in [3.05, 3.63) is 18.2 Å². The fraction of sp³-hybridized carbons (Fsp3) is 0.562. The Morgan fingerprint density at radius 1 is 1.24 bits per heavy atom. The molecule has 1 aromatic carbocycles. The molecule has 0 radical (unpaired) electrons. The standard InChI is InChI=1S/C16H27N3O2/c1-7-19(8-2)12-9-10-13(14(11-12)21-6)17-15(20)18-16(3,4)5/h9-11H,7-8H2,1-6H3,(H2,17,18,20). The molecule has 2 amide bonds. The number of urea groups is 1. The number of amides is 2. The highest BCUT2D eigenvalue weighted by atomic mass is 16.5. The van der Waals surface area contributed by atoms with E-state index in [9.17, 15) is 4.79 Å². The predicted octanol–water partition coefficient (Wildman–Crippen LogP) is 3.46. The van der Waals surface area contributed by atoms with Crippen LogP contribution in [0.2, 0.25) is 0 Å². The van der Waals surface area contributed by atoms with Crippen molar-refractivity contribution < 1.29 is 9.53 Å². The summed E-state index contributed by atoms with van der Waals surface area (Å²) in [6.07, 6.45) is 0. The van der Waals surface area contributed by atoms with Gasteiger partial charge in [-0.1, -0.05) is 0 Å². The molecular weight excluding hydrogens is 266 g/mol. The lowest BCUT2D eigenvalue weighted by molar-refractivity contribution is 0.243. The molecule has 21 heavy (non-hydrogen) atoms. The Kier molecular flexibility index (Phi) is 5.88. The highest BCUT2D eigenvalue weighted by Crippen LogP contribution is 2.29. The van der Waals surface area contributed by atoms with Gasteiger partial charge in [0.15, 0.2) is 0 Å². The minimum Gasteiger partial charge on any atom is -0.494 e. The van der Waals surface area contributed by atoms with Gasteiger partial charge in [0.25, 0.3) is 0 Å². The third-order valence-corrected chi connectivity index (χ3v) is 3.05. The number of benzene rings is 1. The second-order valence-corrected chi connectivity index (χ2v) is 5.89. The summed E-state index contributed by atoms with van der Waals surface area (Å²) < 4.78 is 5.39. The zero-order valence-electron chi connectivity index (χ0n) is 13.9. The third-order valence-electron chi connectivity index (χ3n) is 3.05. The molecule has 0 unspecified atom stereocenters. The van der Waals surface area contributed by atoms with Gasteiger partial charge in [0.1, 0.15) is 5.75 Å². The highest BCUT2D eigenvalue weighted by Gasteiger charge is 2.15. The van der Waals surface area contributed by atoms with E-state index in [0.717, 1.165) is 18.8 Å². The lowest BCUT2D eigenvalue weighted by atomic mass is 10.1. The summed E-state index contributed by atoms with van der Waals surface area (Å²) in [6.45, 7) is 11.9. The lowest BCUT2D eigenvalue weighted by Crippen LogP contribution is -2.43. The van der Waals surface area contributed by atoms with Crippen LogP contribution in [0.4, 0.5) is 16.2 Å². The summed E-state index contributed by atoms with van der Waals surface area (Å²) in [7, 11) is 1.61. The number of hydrogen-bond acceptors (Lipinski definition) is 3. The molecule has 0 bridgehead atoms. The maximum Gasteiger partial charge on any atom is 0.319 e. The van der Waals surface area contributed by atoms with Crippen molar-refractivity contribution in [2.75, 3.05) is 30.4 Å². The molecule has 1 rings (SSSR count). The van der Waals surface area contributed by atoms with Crippen molar-refractivity contribution in [2.45, 2.75) is 40.2 Å². The molecule has 0 saturated carbocycles.